The number of carbonyl (C=O) groups excluding carboxylic acids is 3. The highest BCUT2D eigenvalue weighted by atomic mass is 35.5. The van der Waals surface area contributed by atoms with Crippen LogP contribution in [0.2, 0.25) is 10.0 Å². The Morgan fingerprint density at radius 3 is 2.36 bits per heavy atom. The van der Waals surface area contributed by atoms with E-state index in [0.29, 0.717) is 21.3 Å². The van der Waals surface area contributed by atoms with E-state index in [0.717, 1.165) is 0 Å². The van der Waals surface area contributed by atoms with Gasteiger partial charge in [-0.2, -0.15) is 5.10 Å². The van der Waals surface area contributed by atoms with Crippen LogP contribution in [0.1, 0.15) is 24.5 Å². The first-order valence-electron chi connectivity index (χ1n) is 8.30. The highest BCUT2D eigenvalue weighted by molar-refractivity contribution is 6.37. The van der Waals surface area contributed by atoms with Crippen molar-refractivity contribution in [3.8, 4) is 0 Å². The molecule has 1 aliphatic heterocycles. The lowest BCUT2D eigenvalue weighted by Gasteiger charge is -2.19. The smallest absolute Gasteiger partial charge is 0.355 e. The summed E-state index contributed by atoms with van der Waals surface area (Å²) in [5.41, 5.74) is 3.10. The molecule has 0 spiro atoms. The van der Waals surface area contributed by atoms with E-state index in [1.165, 1.54) is 18.2 Å². The van der Waals surface area contributed by atoms with Gasteiger partial charge < -0.3 is 10.1 Å². The van der Waals surface area contributed by atoms with Gasteiger partial charge in [0.1, 0.15) is 5.71 Å². The molecule has 28 heavy (non-hydrogen) atoms. The fourth-order valence-corrected chi connectivity index (χ4v) is 3.06. The van der Waals surface area contributed by atoms with E-state index in [4.69, 9.17) is 27.9 Å². The molecule has 144 valence electrons. The van der Waals surface area contributed by atoms with Gasteiger partial charge in [-0.05, 0) is 18.2 Å². The molecule has 0 aliphatic carbocycles. The second kappa shape index (κ2) is 8.86. The van der Waals surface area contributed by atoms with Crippen LogP contribution in [0.25, 0.3) is 0 Å². The molecule has 3 rings (SSSR count). The zero-order valence-corrected chi connectivity index (χ0v) is 16.0. The van der Waals surface area contributed by atoms with Crippen molar-refractivity contribution in [1.82, 2.24) is 5.43 Å². The lowest BCUT2D eigenvalue weighted by atomic mass is 10.1. The van der Waals surface area contributed by atoms with Gasteiger partial charge in [0.2, 0.25) is 12.0 Å². The van der Waals surface area contributed by atoms with Crippen molar-refractivity contribution in [3.05, 3.63) is 64.1 Å². The van der Waals surface area contributed by atoms with Gasteiger partial charge in [-0.3, -0.25) is 9.59 Å². The molecular weight excluding hydrogens is 405 g/mol. The highest BCUT2D eigenvalue weighted by Crippen LogP contribution is 2.25. The number of nitrogens with zero attached hydrogens (tertiary/aromatic N) is 1. The van der Waals surface area contributed by atoms with E-state index >= 15 is 0 Å². The molecule has 0 bridgehead atoms. The fraction of sp³-hybridized carbons (Fsp3) is 0.158. The average molecular weight is 420 g/mol. The van der Waals surface area contributed by atoms with Crippen LogP contribution in [0.3, 0.4) is 0 Å². The number of benzene rings is 2. The Morgan fingerprint density at radius 2 is 1.75 bits per heavy atom. The Kier molecular flexibility index (Phi) is 6.28. The molecule has 0 aromatic heterocycles. The predicted molar refractivity (Wildman–Crippen MR) is 105 cm³/mol. The van der Waals surface area contributed by atoms with Crippen molar-refractivity contribution in [2.24, 2.45) is 5.10 Å². The first-order chi connectivity index (χ1) is 13.4. The van der Waals surface area contributed by atoms with Crippen LogP contribution in [0, 0.1) is 0 Å². The molecule has 0 saturated carbocycles. The first kappa shape index (κ1) is 19.9. The van der Waals surface area contributed by atoms with Gasteiger partial charge in [0.15, 0.2) is 0 Å². The number of hydrazone groups is 1. The van der Waals surface area contributed by atoms with E-state index in [1.807, 2.05) is 0 Å². The molecule has 9 heteroatoms. The minimum absolute atomic E-state index is 0.0409. The number of amides is 2. The third kappa shape index (κ3) is 5.09. The molecule has 0 fully saturated rings. The predicted octanol–water partition coefficient (Wildman–Crippen LogP) is 3.48. The summed E-state index contributed by atoms with van der Waals surface area (Å²) in [4.78, 5) is 36.4. The number of hydrogen-bond acceptors (Lipinski definition) is 5. The summed E-state index contributed by atoms with van der Waals surface area (Å²) in [6.07, 6.45) is -0.971. The quantitative estimate of drug-likeness (QED) is 0.724. The van der Waals surface area contributed by atoms with Gasteiger partial charge in [-0.1, -0.05) is 53.5 Å². The van der Waals surface area contributed by atoms with Gasteiger partial charge in [-0.15, -0.1) is 0 Å². The number of anilines is 1. The Hall–Kier alpha value is -2.90. The van der Waals surface area contributed by atoms with Gasteiger partial charge in [0.05, 0.1) is 0 Å². The molecule has 0 radical (unpaired) electrons. The summed E-state index contributed by atoms with van der Waals surface area (Å²) < 4.78 is 5.41. The molecule has 2 aromatic carbocycles. The summed E-state index contributed by atoms with van der Waals surface area (Å²) in [6.45, 7) is 0. The molecule has 7 nitrogen and oxygen atoms in total. The third-order valence-corrected chi connectivity index (χ3v) is 4.27. The zero-order valence-electron chi connectivity index (χ0n) is 14.4. The average Bonchev–Trinajstić information content (AvgIpc) is 2.66. The third-order valence-electron chi connectivity index (χ3n) is 3.84. The van der Waals surface area contributed by atoms with Crippen molar-refractivity contribution in [3.63, 3.8) is 0 Å². The normalized spacial score (nSPS) is 14.5. The Labute approximate surface area is 170 Å². The maximum atomic E-state index is 12.8. The molecule has 0 saturated heterocycles. The topological polar surface area (TPSA) is 96.9 Å². The van der Waals surface area contributed by atoms with Gasteiger partial charge in [-0.25, -0.2) is 10.2 Å². The van der Waals surface area contributed by atoms with E-state index in [-0.39, 0.29) is 24.5 Å². The summed E-state index contributed by atoms with van der Waals surface area (Å²) in [5, 5.41) is 7.04. The van der Waals surface area contributed by atoms with Crippen LogP contribution in [-0.2, 0) is 19.1 Å². The number of rotatable bonds is 5. The summed E-state index contributed by atoms with van der Waals surface area (Å²) in [7, 11) is 0. The Balaban J connectivity index is 1.82. The van der Waals surface area contributed by atoms with Crippen LogP contribution >= 0.6 is 23.2 Å². The molecule has 2 N–H and O–H groups in total. The first-order valence-corrected chi connectivity index (χ1v) is 9.06. The SMILES string of the molecule is O=C1CCC(C(=O)O[C@@H](C(=O)Nc2cc(Cl)cc(Cl)c2)c2ccccc2)=NN1. The lowest BCUT2D eigenvalue weighted by molar-refractivity contribution is -0.148. The number of ether oxygens (including phenoxy) is 1. The summed E-state index contributed by atoms with van der Waals surface area (Å²) >= 11 is 11.9. The number of carbonyl (C=O) groups is 3. The minimum atomic E-state index is -1.23. The van der Waals surface area contributed by atoms with E-state index in [2.05, 4.69) is 15.8 Å². The second-order valence-corrected chi connectivity index (χ2v) is 6.81. The molecule has 1 heterocycles. The van der Waals surface area contributed by atoms with Crippen molar-refractivity contribution >= 4 is 52.4 Å². The van der Waals surface area contributed by atoms with Crippen molar-refractivity contribution in [1.29, 1.82) is 0 Å². The van der Waals surface area contributed by atoms with Crippen LogP contribution in [0.5, 0.6) is 0 Å². The standard InChI is InChI=1S/C19H15Cl2N3O4/c20-12-8-13(21)10-14(9-12)22-18(26)17(11-4-2-1-3-5-11)28-19(27)15-6-7-16(25)24-23-15/h1-5,8-10,17H,6-7H2,(H,22,26)(H,24,25)/t17-/m1/s1. The van der Waals surface area contributed by atoms with Crippen LogP contribution in [0.4, 0.5) is 5.69 Å². The van der Waals surface area contributed by atoms with E-state index in [9.17, 15) is 14.4 Å². The Morgan fingerprint density at radius 1 is 1.07 bits per heavy atom. The van der Waals surface area contributed by atoms with Gasteiger partial charge in [0, 0.05) is 34.1 Å². The van der Waals surface area contributed by atoms with Gasteiger partial charge in [0.25, 0.3) is 5.91 Å². The zero-order chi connectivity index (χ0) is 20.1. The second-order valence-electron chi connectivity index (χ2n) is 5.94. The Bertz CT molecular complexity index is 927. The number of nitrogens with one attached hydrogen (secondary N) is 2. The van der Waals surface area contributed by atoms with Crippen molar-refractivity contribution < 1.29 is 19.1 Å². The van der Waals surface area contributed by atoms with Crippen molar-refractivity contribution in [2.45, 2.75) is 18.9 Å². The summed E-state index contributed by atoms with van der Waals surface area (Å²) in [6, 6.07) is 13.1. The fourth-order valence-electron chi connectivity index (χ4n) is 2.53. The van der Waals surface area contributed by atoms with Gasteiger partial charge >= 0.3 is 5.97 Å². The minimum Gasteiger partial charge on any atom is -0.443 e. The largest absolute Gasteiger partial charge is 0.443 e. The number of esters is 1. The summed E-state index contributed by atoms with van der Waals surface area (Å²) in [5.74, 6) is -1.65. The van der Waals surface area contributed by atoms with Crippen LogP contribution in [-0.4, -0.2) is 23.5 Å². The maximum absolute atomic E-state index is 12.8. The van der Waals surface area contributed by atoms with Crippen molar-refractivity contribution in [2.75, 3.05) is 5.32 Å². The monoisotopic (exact) mass is 419 g/mol. The number of hydrogen-bond donors (Lipinski definition) is 2. The molecule has 2 amide bonds. The van der Waals surface area contributed by atoms with E-state index in [1.54, 1.807) is 30.3 Å². The molecule has 1 aliphatic rings. The molecular formula is C19H15Cl2N3O4. The molecule has 0 unspecified atom stereocenters. The maximum Gasteiger partial charge on any atom is 0.355 e. The lowest BCUT2D eigenvalue weighted by Crippen LogP contribution is -2.33. The van der Waals surface area contributed by atoms with Crippen LogP contribution in [0.15, 0.2) is 53.6 Å². The number of halogens is 2. The molecule has 2 aromatic rings. The molecule has 1 atom stereocenters. The highest BCUT2D eigenvalue weighted by Gasteiger charge is 2.28. The van der Waals surface area contributed by atoms with Crippen LogP contribution < -0.4 is 10.7 Å². The van der Waals surface area contributed by atoms with E-state index < -0.39 is 18.0 Å².